The Morgan fingerprint density at radius 1 is 1.12 bits per heavy atom. The maximum Gasteiger partial charge on any atom is 0.292 e. The van der Waals surface area contributed by atoms with Gasteiger partial charge in [-0.25, -0.2) is 4.98 Å². The largest absolute Gasteiger partial charge is 0.351 e. The summed E-state index contributed by atoms with van der Waals surface area (Å²) >= 11 is 0. The van der Waals surface area contributed by atoms with Crippen LogP contribution in [0.1, 0.15) is 46.4 Å². The normalized spacial score (nSPS) is 10.7. The van der Waals surface area contributed by atoms with E-state index in [4.69, 9.17) is 0 Å². The van der Waals surface area contributed by atoms with E-state index in [0.29, 0.717) is 17.7 Å². The number of hydrogen-bond acceptors (Lipinski definition) is 3. The SMILES string of the molecule is CCCCNC(=O)c1nc(C(=O)Nc2cccc(C)c2)n2ccccc12. The highest BCUT2D eigenvalue weighted by atomic mass is 16.2. The number of rotatable bonds is 6. The van der Waals surface area contributed by atoms with Crippen LogP contribution in [0.2, 0.25) is 0 Å². The summed E-state index contributed by atoms with van der Waals surface area (Å²) in [5, 5.41) is 5.70. The minimum Gasteiger partial charge on any atom is -0.351 e. The molecule has 0 aliphatic carbocycles. The Bertz CT molecular complexity index is 946. The lowest BCUT2D eigenvalue weighted by atomic mass is 10.2. The molecule has 0 aliphatic heterocycles. The molecule has 0 unspecified atom stereocenters. The fourth-order valence-corrected chi connectivity index (χ4v) is 2.74. The average Bonchev–Trinajstić information content (AvgIpc) is 3.02. The van der Waals surface area contributed by atoms with Crippen LogP contribution >= 0.6 is 0 Å². The van der Waals surface area contributed by atoms with Crippen molar-refractivity contribution in [3.05, 3.63) is 65.7 Å². The van der Waals surface area contributed by atoms with Gasteiger partial charge in [-0.2, -0.15) is 0 Å². The number of hydrogen-bond donors (Lipinski definition) is 2. The van der Waals surface area contributed by atoms with Crippen LogP contribution in [-0.4, -0.2) is 27.7 Å². The van der Waals surface area contributed by atoms with E-state index in [-0.39, 0.29) is 23.3 Å². The zero-order valence-electron chi connectivity index (χ0n) is 15.0. The quantitative estimate of drug-likeness (QED) is 0.669. The molecule has 0 saturated carbocycles. The molecule has 2 N–H and O–H groups in total. The van der Waals surface area contributed by atoms with Crippen molar-refractivity contribution in [3.8, 4) is 0 Å². The van der Waals surface area contributed by atoms with Crippen LogP contribution in [0.3, 0.4) is 0 Å². The maximum absolute atomic E-state index is 12.7. The van der Waals surface area contributed by atoms with Crippen LogP contribution in [0.15, 0.2) is 48.7 Å². The summed E-state index contributed by atoms with van der Waals surface area (Å²) in [4.78, 5) is 29.5. The molecule has 0 atom stereocenters. The summed E-state index contributed by atoms with van der Waals surface area (Å²) in [6.07, 6.45) is 3.63. The zero-order valence-corrected chi connectivity index (χ0v) is 15.0. The van der Waals surface area contributed by atoms with Gasteiger partial charge in [0.25, 0.3) is 11.8 Å². The molecular formula is C20H22N4O2. The van der Waals surface area contributed by atoms with Gasteiger partial charge in [-0.1, -0.05) is 31.5 Å². The van der Waals surface area contributed by atoms with Gasteiger partial charge in [0.1, 0.15) is 0 Å². The molecule has 0 radical (unpaired) electrons. The number of amides is 2. The third-order valence-corrected chi connectivity index (χ3v) is 4.06. The number of unbranched alkanes of at least 4 members (excludes halogenated alkanes) is 1. The highest BCUT2D eigenvalue weighted by molar-refractivity contribution is 6.06. The van der Waals surface area contributed by atoms with E-state index >= 15 is 0 Å². The molecule has 2 amide bonds. The Morgan fingerprint density at radius 2 is 1.96 bits per heavy atom. The van der Waals surface area contributed by atoms with Gasteiger partial charge < -0.3 is 10.6 Å². The molecule has 3 rings (SSSR count). The number of aryl methyl sites for hydroxylation is 1. The number of nitrogens with one attached hydrogen (secondary N) is 2. The Labute approximate surface area is 152 Å². The molecule has 0 saturated heterocycles. The van der Waals surface area contributed by atoms with Crippen LogP contribution in [0.25, 0.3) is 5.52 Å². The number of carbonyl (C=O) groups excluding carboxylic acids is 2. The number of carbonyl (C=O) groups is 2. The van der Waals surface area contributed by atoms with Gasteiger partial charge in [0, 0.05) is 18.4 Å². The summed E-state index contributed by atoms with van der Waals surface area (Å²) in [6.45, 7) is 4.61. The van der Waals surface area contributed by atoms with E-state index in [1.165, 1.54) is 0 Å². The fourth-order valence-electron chi connectivity index (χ4n) is 2.74. The van der Waals surface area contributed by atoms with Crippen molar-refractivity contribution in [3.63, 3.8) is 0 Å². The summed E-state index contributed by atoms with van der Waals surface area (Å²) < 4.78 is 1.64. The van der Waals surface area contributed by atoms with Gasteiger partial charge in [0.15, 0.2) is 5.69 Å². The molecular weight excluding hydrogens is 328 g/mol. The molecule has 6 nitrogen and oxygen atoms in total. The van der Waals surface area contributed by atoms with Crippen molar-refractivity contribution in [1.29, 1.82) is 0 Å². The standard InChI is InChI=1S/C20H22N4O2/c1-3-4-11-21-19(25)17-16-10-5-6-12-24(16)18(23-17)20(26)22-15-9-7-8-14(2)13-15/h5-10,12-13H,3-4,11H2,1-2H3,(H,21,25)(H,22,26). The molecule has 0 fully saturated rings. The third kappa shape index (κ3) is 3.74. The van der Waals surface area contributed by atoms with Crippen LogP contribution in [0, 0.1) is 6.92 Å². The van der Waals surface area contributed by atoms with Crippen molar-refractivity contribution in [2.45, 2.75) is 26.7 Å². The Hall–Kier alpha value is -3.15. The second-order valence-corrected chi connectivity index (χ2v) is 6.17. The summed E-state index contributed by atoms with van der Waals surface area (Å²) in [6, 6.07) is 12.9. The molecule has 6 heteroatoms. The van der Waals surface area contributed by atoms with E-state index in [0.717, 1.165) is 18.4 Å². The summed E-state index contributed by atoms with van der Waals surface area (Å²) in [5.74, 6) is -0.441. The van der Waals surface area contributed by atoms with Crippen LogP contribution in [0.5, 0.6) is 0 Å². The van der Waals surface area contributed by atoms with Gasteiger partial charge in [-0.05, 0) is 43.2 Å². The van der Waals surface area contributed by atoms with E-state index in [1.54, 1.807) is 22.7 Å². The first-order valence-corrected chi connectivity index (χ1v) is 8.73. The first kappa shape index (κ1) is 17.7. The van der Waals surface area contributed by atoms with Gasteiger partial charge in [-0.3, -0.25) is 14.0 Å². The number of pyridine rings is 1. The van der Waals surface area contributed by atoms with Gasteiger partial charge in [0.2, 0.25) is 5.82 Å². The number of fused-ring (bicyclic) bond motifs is 1. The average molecular weight is 350 g/mol. The van der Waals surface area contributed by atoms with Crippen LogP contribution in [-0.2, 0) is 0 Å². The number of imidazole rings is 1. The predicted molar refractivity (Wildman–Crippen MR) is 102 cm³/mol. The van der Waals surface area contributed by atoms with E-state index in [9.17, 15) is 9.59 Å². The van der Waals surface area contributed by atoms with E-state index in [1.807, 2.05) is 37.3 Å². The molecule has 0 aliphatic rings. The number of aromatic nitrogens is 2. The topological polar surface area (TPSA) is 75.5 Å². The van der Waals surface area contributed by atoms with Gasteiger partial charge in [-0.15, -0.1) is 0 Å². The molecule has 1 aromatic carbocycles. The second kappa shape index (κ2) is 7.82. The minimum atomic E-state index is -0.357. The van der Waals surface area contributed by atoms with Crippen LogP contribution in [0.4, 0.5) is 5.69 Å². The fraction of sp³-hybridized carbons (Fsp3) is 0.250. The summed E-state index contributed by atoms with van der Waals surface area (Å²) in [5.41, 5.74) is 2.61. The highest BCUT2D eigenvalue weighted by Crippen LogP contribution is 2.16. The van der Waals surface area contributed by atoms with E-state index in [2.05, 4.69) is 22.5 Å². The Kier molecular flexibility index (Phi) is 5.31. The molecule has 2 aromatic heterocycles. The molecule has 0 bridgehead atoms. The smallest absolute Gasteiger partial charge is 0.292 e. The number of nitrogens with zero attached hydrogens (tertiary/aromatic N) is 2. The number of anilines is 1. The van der Waals surface area contributed by atoms with Gasteiger partial charge in [0.05, 0.1) is 5.52 Å². The predicted octanol–water partition coefficient (Wildman–Crippen LogP) is 3.42. The molecule has 3 aromatic rings. The maximum atomic E-state index is 12.7. The lowest BCUT2D eigenvalue weighted by Gasteiger charge is -2.05. The van der Waals surface area contributed by atoms with Gasteiger partial charge >= 0.3 is 0 Å². The Morgan fingerprint density at radius 3 is 2.73 bits per heavy atom. The monoisotopic (exact) mass is 350 g/mol. The summed E-state index contributed by atoms with van der Waals surface area (Å²) in [7, 11) is 0. The first-order valence-electron chi connectivity index (χ1n) is 8.73. The molecule has 134 valence electrons. The van der Waals surface area contributed by atoms with Crippen molar-refractivity contribution in [2.24, 2.45) is 0 Å². The number of benzene rings is 1. The van der Waals surface area contributed by atoms with Crippen molar-refractivity contribution < 1.29 is 9.59 Å². The third-order valence-electron chi connectivity index (χ3n) is 4.06. The lowest BCUT2D eigenvalue weighted by Crippen LogP contribution is -2.25. The van der Waals surface area contributed by atoms with Crippen LogP contribution < -0.4 is 10.6 Å². The minimum absolute atomic E-state index is 0.183. The van der Waals surface area contributed by atoms with Crippen molar-refractivity contribution in [2.75, 3.05) is 11.9 Å². The zero-order chi connectivity index (χ0) is 18.5. The van der Waals surface area contributed by atoms with Crippen molar-refractivity contribution >= 4 is 23.0 Å². The molecule has 2 heterocycles. The molecule has 0 spiro atoms. The lowest BCUT2D eigenvalue weighted by molar-refractivity contribution is 0.0950. The van der Waals surface area contributed by atoms with Crippen molar-refractivity contribution in [1.82, 2.24) is 14.7 Å². The van der Waals surface area contributed by atoms with E-state index < -0.39 is 0 Å². The second-order valence-electron chi connectivity index (χ2n) is 6.17. The Balaban J connectivity index is 1.91. The first-order chi connectivity index (χ1) is 12.6. The molecule has 26 heavy (non-hydrogen) atoms. The highest BCUT2D eigenvalue weighted by Gasteiger charge is 2.21.